The van der Waals surface area contributed by atoms with Gasteiger partial charge in [-0.1, -0.05) is 31.2 Å². The van der Waals surface area contributed by atoms with Gasteiger partial charge in [0.2, 0.25) is 0 Å². The lowest BCUT2D eigenvalue weighted by molar-refractivity contribution is 0.317. The third-order valence-electron chi connectivity index (χ3n) is 3.84. The van der Waals surface area contributed by atoms with Gasteiger partial charge in [0.15, 0.2) is 0 Å². The molecule has 104 valence electrons. The third kappa shape index (κ3) is 2.79. The minimum atomic E-state index is 0.655. The van der Waals surface area contributed by atoms with E-state index in [4.69, 9.17) is 4.74 Å². The van der Waals surface area contributed by atoms with E-state index in [2.05, 4.69) is 48.6 Å². The Morgan fingerprint density at radius 1 is 1.10 bits per heavy atom. The zero-order valence-electron chi connectivity index (χ0n) is 11.9. The molecular weight excluding hydrogens is 246 g/mol. The fraction of sp³-hybridized carbons (Fsp3) is 0.333. The average molecular weight is 267 g/mol. The highest BCUT2D eigenvalue weighted by Gasteiger charge is 2.24. The molecule has 0 fully saturated rings. The fourth-order valence-electron chi connectivity index (χ4n) is 2.67. The van der Waals surface area contributed by atoms with Crippen molar-refractivity contribution in [2.75, 3.05) is 18.5 Å². The molecule has 0 aliphatic heterocycles. The molecule has 2 aromatic carbocycles. The van der Waals surface area contributed by atoms with Crippen molar-refractivity contribution < 1.29 is 4.74 Å². The SMILES string of the molecule is CCCOc1ccc(NCC2Cc3ccccc32)cc1. The Kier molecular flexibility index (Phi) is 3.91. The first-order valence-corrected chi connectivity index (χ1v) is 7.41. The van der Waals surface area contributed by atoms with Crippen molar-refractivity contribution in [2.45, 2.75) is 25.7 Å². The molecule has 0 radical (unpaired) electrons. The van der Waals surface area contributed by atoms with Gasteiger partial charge in [-0.2, -0.15) is 0 Å². The lowest BCUT2D eigenvalue weighted by atomic mass is 9.77. The molecule has 1 atom stereocenters. The van der Waals surface area contributed by atoms with Crippen LogP contribution in [0, 0.1) is 0 Å². The number of fused-ring (bicyclic) bond motifs is 1. The van der Waals surface area contributed by atoms with E-state index in [0.717, 1.165) is 25.3 Å². The monoisotopic (exact) mass is 267 g/mol. The molecule has 0 heterocycles. The first kappa shape index (κ1) is 13.0. The quantitative estimate of drug-likeness (QED) is 0.845. The summed E-state index contributed by atoms with van der Waals surface area (Å²) in [6.07, 6.45) is 2.24. The Labute approximate surface area is 120 Å². The summed E-state index contributed by atoms with van der Waals surface area (Å²) in [6.45, 7) is 3.91. The number of rotatable bonds is 6. The number of ether oxygens (including phenoxy) is 1. The summed E-state index contributed by atoms with van der Waals surface area (Å²) < 4.78 is 5.59. The van der Waals surface area contributed by atoms with E-state index in [9.17, 15) is 0 Å². The minimum absolute atomic E-state index is 0.655. The van der Waals surface area contributed by atoms with Crippen LogP contribution < -0.4 is 10.1 Å². The molecule has 0 aromatic heterocycles. The van der Waals surface area contributed by atoms with E-state index in [1.165, 1.54) is 23.2 Å². The number of nitrogens with one attached hydrogen (secondary N) is 1. The van der Waals surface area contributed by atoms with Gasteiger partial charge in [0.25, 0.3) is 0 Å². The lowest BCUT2D eigenvalue weighted by Gasteiger charge is -2.30. The first-order valence-electron chi connectivity index (χ1n) is 7.41. The van der Waals surface area contributed by atoms with Crippen molar-refractivity contribution in [3.8, 4) is 5.75 Å². The van der Waals surface area contributed by atoms with Crippen LogP contribution in [0.1, 0.15) is 30.4 Å². The molecule has 1 aliphatic carbocycles. The fourth-order valence-corrected chi connectivity index (χ4v) is 2.67. The summed E-state index contributed by atoms with van der Waals surface area (Å²) in [7, 11) is 0. The first-order chi connectivity index (χ1) is 9.86. The molecule has 1 N–H and O–H groups in total. The summed E-state index contributed by atoms with van der Waals surface area (Å²) in [5.41, 5.74) is 4.17. The molecule has 3 rings (SSSR count). The second-order valence-corrected chi connectivity index (χ2v) is 5.35. The largest absolute Gasteiger partial charge is 0.494 e. The van der Waals surface area contributed by atoms with Crippen LogP contribution in [-0.2, 0) is 6.42 Å². The van der Waals surface area contributed by atoms with E-state index in [-0.39, 0.29) is 0 Å². The lowest BCUT2D eigenvalue weighted by Crippen LogP contribution is -2.24. The van der Waals surface area contributed by atoms with E-state index in [1.54, 1.807) is 0 Å². The van der Waals surface area contributed by atoms with Crippen molar-refractivity contribution in [1.29, 1.82) is 0 Å². The number of anilines is 1. The van der Waals surface area contributed by atoms with Crippen molar-refractivity contribution in [3.63, 3.8) is 0 Å². The summed E-state index contributed by atoms with van der Waals surface area (Å²) >= 11 is 0. The topological polar surface area (TPSA) is 21.3 Å². The molecule has 1 unspecified atom stereocenters. The standard InChI is InChI=1S/C18H21NO/c1-2-11-20-17-9-7-16(8-10-17)19-13-15-12-14-5-3-4-6-18(14)15/h3-10,15,19H,2,11-13H2,1H3. The van der Waals surface area contributed by atoms with Crippen LogP contribution in [0.3, 0.4) is 0 Å². The Bertz CT molecular complexity index is 562. The van der Waals surface area contributed by atoms with E-state index < -0.39 is 0 Å². The highest BCUT2D eigenvalue weighted by atomic mass is 16.5. The maximum atomic E-state index is 5.59. The van der Waals surface area contributed by atoms with Crippen molar-refractivity contribution in [2.24, 2.45) is 0 Å². The van der Waals surface area contributed by atoms with E-state index in [1.807, 2.05) is 12.1 Å². The maximum absolute atomic E-state index is 5.59. The summed E-state index contributed by atoms with van der Waals surface area (Å²) in [6, 6.07) is 17.0. The van der Waals surface area contributed by atoms with Gasteiger partial charge in [-0.15, -0.1) is 0 Å². The Morgan fingerprint density at radius 2 is 1.90 bits per heavy atom. The van der Waals surface area contributed by atoms with Gasteiger partial charge in [0.05, 0.1) is 6.61 Å². The molecular formula is C18H21NO. The van der Waals surface area contributed by atoms with Crippen LogP contribution in [0.4, 0.5) is 5.69 Å². The second kappa shape index (κ2) is 6.00. The Morgan fingerprint density at radius 3 is 2.65 bits per heavy atom. The zero-order valence-corrected chi connectivity index (χ0v) is 11.9. The van der Waals surface area contributed by atoms with Gasteiger partial charge >= 0.3 is 0 Å². The van der Waals surface area contributed by atoms with Crippen LogP contribution in [0.25, 0.3) is 0 Å². The average Bonchev–Trinajstić information content (AvgIpc) is 2.47. The van der Waals surface area contributed by atoms with Gasteiger partial charge in [0.1, 0.15) is 5.75 Å². The number of hydrogen-bond donors (Lipinski definition) is 1. The van der Waals surface area contributed by atoms with Gasteiger partial charge in [0, 0.05) is 18.2 Å². The minimum Gasteiger partial charge on any atom is -0.494 e. The number of benzene rings is 2. The normalized spacial score (nSPS) is 16.1. The Hall–Kier alpha value is -1.96. The molecule has 0 saturated carbocycles. The maximum Gasteiger partial charge on any atom is 0.119 e. The van der Waals surface area contributed by atoms with Gasteiger partial charge in [-0.25, -0.2) is 0 Å². The Balaban J connectivity index is 1.52. The smallest absolute Gasteiger partial charge is 0.119 e. The van der Waals surface area contributed by atoms with Gasteiger partial charge < -0.3 is 10.1 Å². The predicted octanol–water partition coefficient (Wildman–Crippen LogP) is 4.23. The van der Waals surface area contributed by atoms with Gasteiger partial charge in [-0.3, -0.25) is 0 Å². The molecule has 0 saturated heterocycles. The van der Waals surface area contributed by atoms with E-state index >= 15 is 0 Å². The van der Waals surface area contributed by atoms with Crippen molar-refractivity contribution >= 4 is 5.69 Å². The molecule has 1 aliphatic rings. The molecule has 20 heavy (non-hydrogen) atoms. The van der Waals surface area contributed by atoms with Crippen LogP contribution in [0.2, 0.25) is 0 Å². The molecule has 2 aromatic rings. The van der Waals surface area contributed by atoms with Gasteiger partial charge in [-0.05, 0) is 48.2 Å². The number of hydrogen-bond acceptors (Lipinski definition) is 2. The van der Waals surface area contributed by atoms with Crippen LogP contribution in [-0.4, -0.2) is 13.2 Å². The van der Waals surface area contributed by atoms with Crippen LogP contribution in [0.15, 0.2) is 48.5 Å². The van der Waals surface area contributed by atoms with Crippen molar-refractivity contribution in [1.82, 2.24) is 0 Å². The third-order valence-corrected chi connectivity index (χ3v) is 3.84. The van der Waals surface area contributed by atoms with E-state index in [0.29, 0.717) is 5.92 Å². The molecule has 2 nitrogen and oxygen atoms in total. The molecule has 0 spiro atoms. The molecule has 0 amide bonds. The van der Waals surface area contributed by atoms with Crippen LogP contribution in [0.5, 0.6) is 5.75 Å². The zero-order chi connectivity index (χ0) is 13.8. The van der Waals surface area contributed by atoms with Crippen LogP contribution >= 0.6 is 0 Å². The molecule has 2 heteroatoms. The highest BCUT2D eigenvalue weighted by Crippen LogP contribution is 2.34. The predicted molar refractivity (Wildman–Crippen MR) is 83.6 cm³/mol. The summed E-state index contributed by atoms with van der Waals surface area (Å²) in [5, 5.41) is 3.52. The highest BCUT2D eigenvalue weighted by molar-refractivity contribution is 5.48. The summed E-state index contributed by atoms with van der Waals surface area (Å²) in [5.74, 6) is 1.61. The molecule has 0 bridgehead atoms. The van der Waals surface area contributed by atoms with Crippen molar-refractivity contribution in [3.05, 3.63) is 59.7 Å². The second-order valence-electron chi connectivity index (χ2n) is 5.35. The summed E-state index contributed by atoms with van der Waals surface area (Å²) in [4.78, 5) is 0.